The highest BCUT2D eigenvalue weighted by molar-refractivity contribution is 6.31. The van der Waals surface area contributed by atoms with Crippen LogP contribution in [-0.4, -0.2) is 113 Å². The summed E-state index contributed by atoms with van der Waals surface area (Å²) in [5.74, 6) is 1.50. The Balaban J connectivity index is 0.708. The van der Waals surface area contributed by atoms with E-state index >= 15 is 0 Å². The van der Waals surface area contributed by atoms with Gasteiger partial charge in [-0.1, -0.05) is 17.7 Å². The molecule has 0 bridgehead atoms. The molecule has 3 saturated heterocycles. The first kappa shape index (κ1) is 40.1. The Morgan fingerprint density at radius 2 is 1.68 bits per heavy atom. The first-order chi connectivity index (χ1) is 29.2. The average Bonchev–Trinajstić information content (AvgIpc) is 3.54. The maximum absolute atomic E-state index is 13.3. The van der Waals surface area contributed by atoms with E-state index in [9.17, 15) is 19.2 Å². The number of carbonyl (C=O) groups is 4. The van der Waals surface area contributed by atoms with Crippen LogP contribution in [0.4, 0.5) is 5.82 Å². The lowest BCUT2D eigenvalue weighted by molar-refractivity contribution is -0.136. The van der Waals surface area contributed by atoms with Crippen molar-refractivity contribution in [2.24, 2.45) is 5.92 Å². The lowest BCUT2D eigenvalue weighted by Gasteiger charge is -2.50. The molecule has 3 aromatic rings. The fraction of sp³-hybridized carbons (Fsp3) is 0.523. The Hall–Kier alpha value is -5.30. The number of nitriles is 1. The molecule has 2 N–H and O–H groups in total. The van der Waals surface area contributed by atoms with E-state index in [1.54, 1.807) is 41.6 Å². The SMILES string of the molecule is N#Cc1ccc(OC2CCC(NC(=O)c3cnc(N4CCC(CN(C5COC5)C5CC(Oc6ccc7c(c6)C(=O)N(C6CCC(=O)NC6=O)C7)C5)CC4)cn3)CC2)cc1Cl. The highest BCUT2D eigenvalue weighted by atomic mass is 35.5. The summed E-state index contributed by atoms with van der Waals surface area (Å²) in [4.78, 5) is 66.0. The van der Waals surface area contributed by atoms with E-state index in [2.05, 4.69) is 36.5 Å². The summed E-state index contributed by atoms with van der Waals surface area (Å²) < 4.78 is 18.1. The molecule has 1 aromatic heterocycles. The van der Waals surface area contributed by atoms with Crippen LogP contribution in [0.3, 0.4) is 0 Å². The third-order valence-electron chi connectivity index (χ3n) is 13.1. The predicted molar refractivity (Wildman–Crippen MR) is 219 cm³/mol. The standard InChI is InChI=1S/C44H49ClN8O7/c45-37-18-34(5-1-27(37)19-46)59-32-7-3-29(4-8-32)49-42(55)38-20-48-40(21-47-38)51-13-11-26(12-14-51)22-52(31-24-58-25-31)30-15-35(16-30)60-33-6-2-28-23-53(44(57)36(28)17-33)39-9-10-41(54)50-43(39)56/h1-2,5-6,17-18,20-21,26,29-32,35,39H,3-4,7-16,22-25H2,(H,49,55)(H,50,54,56). The van der Waals surface area contributed by atoms with E-state index in [1.807, 2.05) is 12.1 Å². The van der Waals surface area contributed by atoms with Crippen LogP contribution in [0.2, 0.25) is 5.02 Å². The summed E-state index contributed by atoms with van der Waals surface area (Å²) >= 11 is 6.16. The second-order valence-electron chi connectivity index (χ2n) is 17.0. The molecule has 6 aliphatic rings. The molecule has 2 aliphatic carbocycles. The van der Waals surface area contributed by atoms with Gasteiger partial charge in [0, 0.05) is 69.2 Å². The molecule has 0 radical (unpaired) electrons. The van der Waals surface area contributed by atoms with Crippen LogP contribution < -0.4 is 25.0 Å². The summed E-state index contributed by atoms with van der Waals surface area (Å²) in [5.41, 5.74) is 2.15. The Bertz CT molecular complexity index is 2160. The maximum atomic E-state index is 13.3. The lowest BCUT2D eigenvalue weighted by atomic mass is 9.84. The van der Waals surface area contributed by atoms with Crippen LogP contribution in [0.1, 0.15) is 96.2 Å². The number of amides is 4. The van der Waals surface area contributed by atoms with Crippen molar-refractivity contribution in [1.29, 1.82) is 5.26 Å². The van der Waals surface area contributed by atoms with Gasteiger partial charge < -0.3 is 29.3 Å². The second kappa shape index (κ2) is 17.4. The molecular formula is C44H49ClN8O7. The Labute approximate surface area is 353 Å². The van der Waals surface area contributed by atoms with E-state index in [-0.39, 0.29) is 42.4 Å². The summed E-state index contributed by atoms with van der Waals surface area (Å²) in [7, 11) is 0. The molecule has 1 atom stereocenters. The predicted octanol–water partition coefficient (Wildman–Crippen LogP) is 4.41. The van der Waals surface area contributed by atoms with Gasteiger partial charge in [0.25, 0.3) is 11.8 Å². The summed E-state index contributed by atoms with van der Waals surface area (Å²) in [5, 5.41) is 15.0. The van der Waals surface area contributed by atoms with Gasteiger partial charge in [0.1, 0.15) is 41.2 Å². The van der Waals surface area contributed by atoms with Crippen LogP contribution in [-0.2, 0) is 20.9 Å². The van der Waals surface area contributed by atoms with Crippen molar-refractivity contribution in [2.75, 3.05) is 37.7 Å². The van der Waals surface area contributed by atoms with Gasteiger partial charge in [-0.3, -0.25) is 29.4 Å². The molecule has 2 aromatic carbocycles. The zero-order chi connectivity index (χ0) is 41.3. The Kier molecular flexibility index (Phi) is 11.6. The van der Waals surface area contributed by atoms with Crippen molar-refractivity contribution in [3.05, 3.63) is 76.2 Å². The number of piperidine rings is 2. The van der Waals surface area contributed by atoms with Crippen molar-refractivity contribution in [1.82, 2.24) is 30.4 Å². The van der Waals surface area contributed by atoms with Gasteiger partial charge in [-0.15, -0.1) is 0 Å². The number of anilines is 1. The number of aromatic nitrogens is 2. The normalized spacial score (nSPS) is 25.8. The largest absolute Gasteiger partial charge is 0.490 e. The smallest absolute Gasteiger partial charge is 0.271 e. The average molecular weight is 837 g/mol. The molecule has 60 heavy (non-hydrogen) atoms. The van der Waals surface area contributed by atoms with Gasteiger partial charge in [0.05, 0.1) is 48.3 Å². The van der Waals surface area contributed by atoms with Crippen LogP contribution in [0.25, 0.3) is 0 Å². The van der Waals surface area contributed by atoms with Crippen molar-refractivity contribution in [3.63, 3.8) is 0 Å². The minimum Gasteiger partial charge on any atom is -0.490 e. The Morgan fingerprint density at radius 3 is 2.37 bits per heavy atom. The molecule has 15 nitrogen and oxygen atoms in total. The number of carbonyl (C=O) groups excluding carboxylic acids is 4. The quantitative estimate of drug-likeness (QED) is 0.246. The van der Waals surface area contributed by atoms with Gasteiger partial charge in [0.15, 0.2) is 0 Å². The van der Waals surface area contributed by atoms with Crippen molar-refractivity contribution < 1.29 is 33.4 Å². The first-order valence-corrected chi connectivity index (χ1v) is 21.6. The van der Waals surface area contributed by atoms with Crippen LogP contribution in [0.5, 0.6) is 11.5 Å². The number of nitrogens with zero attached hydrogens (tertiary/aromatic N) is 6. The molecule has 9 rings (SSSR count). The molecule has 2 saturated carbocycles. The van der Waals surface area contributed by atoms with E-state index in [4.69, 9.17) is 31.1 Å². The van der Waals surface area contributed by atoms with Crippen molar-refractivity contribution in [3.8, 4) is 17.6 Å². The molecule has 314 valence electrons. The summed E-state index contributed by atoms with van der Waals surface area (Å²) in [6.45, 7) is 4.59. The van der Waals surface area contributed by atoms with Gasteiger partial charge >= 0.3 is 0 Å². The van der Waals surface area contributed by atoms with E-state index in [0.29, 0.717) is 64.3 Å². The number of hydrogen-bond acceptors (Lipinski definition) is 12. The molecule has 1 unspecified atom stereocenters. The molecule has 4 amide bonds. The number of rotatable bonds is 12. The minimum absolute atomic E-state index is 0.0209. The van der Waals surface area contributed by atoms with Crippen LogP contribution in [0, 0.1) is 17.2 Å². The number of hydrogen-bond donors (Lipinski definition) is 2. The highest BCUT2D eigenvalue weighted by Crippen LogP contribution is 2.37. The monoisotopic (exact) mass is 836 g/mol. The van der Waals surface area contributed by atoms with E-state index in [1.165, 1.54) is 0 Å². The summed E-state index contributed by atoms with van der Waals surface area (Å²) in [6.07, 6.45) is 11.0. The van der Waals surface area contributed by atoms with Gasteiger partial charge in [0.2, 0.25) is 11.8 Å². The topological polar surface area (TPSA) is 179 Å². The summed E-state index contributed by atoms with van der Waals surface area (Å²) in [6, 6.07) is 13.0. The molecule has 4 aliphatic heterocycles. The molecule has 5 heterocycles. The third kappa shape index (κ3) is 8.64. The number of nitrogens with one attached hydrogen (secondary N) is 2. The number of imide groups is 1. The number of benzene rings is 2. The molecular weight excluding hydrogens is 788 g/mol. The van der Waals surface area contributed by atoms with E-state index in [0.717, 1.165) is 95.6 Å². The minimum atomic E-state index is -0.636. The number of halogens is 1. The lowest BCUT2D eigenvalue weighted by Crippen LogP contribution is -2.60. The van der Waals surface area contributed by atoms with Gasteiger partial charge in [-0.05, 0) is 80.7 Å². The first-order valence-electron chi connectivity index (χ1n) is 21.2. The number of ether oxygens (including phenoxy) is 3. The molecule has 16 heteroatoms. The fourth-order valence-electron chi connectivity index (χ4n) is 9.40. The van der Waals surface area contributed by atoms with Crippen molar-refractivity contribution >= 4 is 41.0 Å². The molecule has 0 spiro atoms. The van der Waals surface area contributed by atoms with Gasteiger partial charge in [-0.2, -0.15) is 5.26 Å². The Morgan fingerprint density at radius 1 is 0.933 bits per heavy atom. The van der Waals surface area contributed by atoms with Crippen molar-refractivity contribution in [2.45, 2.75) is 107 Å². The van der Waals surface area contributed by atoms with E-state index < -0.39 is 11.9 Å². The second-order valence-corrected chi connectivity index (χ2v) is 17.4. The molecule has 5 fully saturated rings. The maximum Gasteiger partial charge on any atom is 0.271 e. The van der Waals surface area contributed by atoms with Crippen LogP contribution >= 0.6 is 11.6 Å². The third-order valence-corrected chi connectivity index (χ3v) is 13.4. The van der Waals surface area contributed by atoms with Gasteiger partial charge in [-0.25, -0.2) is 9.97 Å². The number of fused-ring (bicyclic) bond motifs is 1. The fourth-order valence-corrected chi connectivity index (χ4v) is 9.61. The van der Waals surface area contributed by atoms with Crippen LogP contribution in [0.15, 0.2) is 48.8 Å². The highest BCUT2D eigenvalue weighted by Gasteiger charge is 2.43. The zero-order valence-corrected chi connectivity index (χ0v) is 34.1. The zero-order valence-electron chi connectivity index (χ0n) is 33.4.